The molecule has 2 aromatic rings. The smallest absolute Gasteiger partial charge is 0.376 e. The first kappa shape index (κ1) is 17.0. The van der Waals surface area contributed by atoms with E-state index in [1.807, 2.05) is 36.4 Å². The molecule has 1 heterocycles. The van der Waals surface area contributed by atoms with Crippen molar-refractivity contribution in [2.75, 3.05) is 5.32 Å². The Hall–Kier alpha value is -1.46. The molecule has 0 fully saturated rings. The van der Waals surface area contributed by atoms with Crippen molar-refractivity contribution >= 4 is 33.2 Å². The minimum absolute atomic E-state index is 0.0290. The number of rotatable bonds is 1. The molecule has 1 aliphatic carbocycles. The second-order valence-corrected chi connectivity index (χ2v) is 7.73. The normalized spacial score (nSPS) is 24.6. The third-order valence-electron chi connectivity index (χ3n) is 4.98. The molecule has 1 aliphatic heterocycles. The van der Waals surface area contributed by atoms with Gasteiger partial charge in [-0.25, -0.2) is 0 Å². The van der Waals surface area contributed by atoms with Crippen LogP contribution in [0.4, 0.5) is 18.9 Å². The zero-order valence-electron chi connectivity index (χ0n) is 12.9. The summed E-state index contributed by atoms with van der Waals surface area (Å²) in [5.74, 6) is -0.267. The molecule has 1 N–H and O–H groups in total. The van der Waals surface area contributed by atoms with Gasteiger partial charge in [0.05, 0.1) is 22.3 Å². The molecule has 4 rings (SSSR count). The first-order valence-corrected chi connectivity index (χ1v) is 9.11. The van der Waals surface area contributed by atoms with Crippen molar-refractivity contribution in [3.63, 3.8) is 0 Å². The number of fused-ring (bicyclic) bond motifs is 3. The minimum Gasteiger partial charge on any atom is -0.376 e. The van der Waals surface area contributed by atoms with E-state index in [4.69, 9.17) is 11.6 Å². The molecule has 1 nitrogen and oxygen atoms in total. The number of halogens is 5. The Kier molecular flexibility index (Phi) is 4.12. The molecule has 6 heteroatoms. The topological polar surface area (TPSA) is 12.0 Å². The van der Waals surface area contributed by atoms with Gasteiger partial charge in [-0.3, -0.25) is 0 Å². The van der Waals surface area contributed by atoms with Gasteiger partial charge in [0.1, 0.15) is 0 Å². The van der Waals surface area contributed by atoms with Crippen LogP contribution in [-0.4, -0.2) is 0 Å². The quantitative estimate of drug-likeness (QED) is 0.485. The van der Waals surface area contributed by atoms with Crippen LogP contribution in [0.1, 0.15) is 35.1 Å². The highest BCUT2D eigenvalue weighted by Gasteiger charge is 2.44. The Balaban J connectivity index is 1.88. The molecule has 0 saturated carbocycles. The van der Waals surface area contributed by atoms with Gasteiger partial charge in [0.15, 0.2) is 0 Å². The molecule has 25 heavy (non-hydrogen) atoms. The number of nitrogens with one attached hydrogen (secondary N) is 1. The number of hydrogen-bond acceptors (Lipinski definition) is 1. The monoisotopic (exact) mass is 427 g/mol. The third-order valence-corrected chi connectivity index (χ3v) is 5.79. The summed E-state index contributed by atoms with van der Waals surface area (Å²) in [5, 5.41) is 3.62. The van der Waals surface area contributed by atoms with E-state index in [0.717, 1.165) is 22.5 Å². The van der Waals surface area contributed by atoms with Gasteiger partial charge in [-0.15, -0.1) is 0 Å². The van der Waals surface area contributed by atoms with Crippen LogP contribution in [0.15, 0.2) is 53.0 Å². The largest absolute Gasteiger partial charge is 0.416 e. The van der Waals surface area contributed by atoms with E-state index in [2.05, 4.69) is 21.2 Å². The van der Waals surface area contributed by atoms with Crippen LogP contribution in [-0.2, 0) is 6.18 Å². The van der Waals surface area contributed by atoms with E-state index >= 15 is 0 Å². The lowest BCUT2D eigenvalue weighted by atomic mass is 9.75. The van der Waals surface area contributed by atoms with Gasteiger partial charge in [-0.1, -0.05) is 51.8 Å². The summed E-state index contributed by atoms with van der Waals surface area (Å²) in [6, 6.07) is 10.2. The van der Waals surface area contributed by atoms with Crippen molar-refractivity contribution in [1.29, 1.82) is 0 Å². The van der Waals surface area contributed by atoms with Crippen LogP contribution in [0.3, 0.4) is 0 Å². The summed E-state index contributed by atoms with van der Waals surface area (Å²) in [6.07, 6.45) is 0.192. The van der Waals surface area contributed by atoms with Crippen molar-refractivity contribution in [1.82, 2.24) is 0 Å². The highest BCUT2D eigenvalue weighted by molar-refractivity contribution is 9.10. The fourth-order valence-corrected chi connectivity index (χ4v) is 4.59. The fourth-order valence-electron chi connectivity index (χ4n) is 3.95. The number of hydrogen-bond donors (Lipinski definition) is 1. The third kappa shape index (κ3) is 2.87. The van der Waals surface area contributed by atoms with Gasteiger partial charge >= 0.3 is 6.18 Å². The minimum atomic E-state index is -4.40. The molecule has 3 atom stereocenters. The van der Waals surface area contributed by atoms with E-state index in [0.29, 0.717) is 10.7 Å². The van der Waals surface area contributed by atoms with Crippen LogP contribution in [0.5, 0.6) is 0 Å². The van der Waals surface area contributed by atoms with Gasteiger partial charge in [0.2, 0.25) is 0 Å². The second-order valence-electron chi connectivity index (χ2n) is 6.41. The molecule has 2 aromatic carbocycles. The Labute approximate surface area is 157 Å². The van der Waals surface area contributed by atoms with E-state index in [9.17, 15) is 13.2 Å². The molecule has 0 radical (unpaired) electrons. The van der Waals surface area contributed by atoms with Gasteiger partial charge in [0, 0.05) is 10.4 Å². The predicted molar refractivity (Wildman–Crippen MR) is 96.9 cm³/mol. The molecule has 2 aliphatic rings. The summed E-state index contributed by atoms with van der Waals surface area (Å²) < 4.78 is 41.5. The van der Waals surface area contributed by atoms with Crippen LogP contribution in [0.2, 0.25) is 5.02 Å². The Morgan fingerprint density at radius 2 is 1.96 bits per heavy atom. The lowest BCUT2D eigenvalue weighted by Gasteiger charge is -2.39. The molecular formula is C19H14BrClF3N. The van der Waals surface area contributed by atoms with E-state index in [-0.39, 0.29) is 23.4 Å². The molecular weight excluding hydrogens is 415 g/mol. The summed E-state index contributed by atoms with van der Waals surface area (Å²) in [6.45, 7) is 0. The molecule has 130 valence electrons. The molecule has 0 bridgehead atoms. The lowest BCUT2D eigenvalue weighted by molar-refractivity contribution is -0.138. The number of allylic oxidation sites excluding steroid dienone is 2. The first-order chi connectivity index (χ1) is 11.9. The van der Waals surface area contributed by atoms with E-state index in [1.165, 1.54) is 6.07 Å². The summed E-state index contributed by atoms with van der Waals surface area (Å²) >= 11 is 9.74. The lowest BCUT2D eigenvalue weighted by Crippen LogP contribution is -2.31. The SMILES string of the molecule is FC(F)(F)c1ccc(Cl)c2c1[C@@H]1C=CC[C@@H]1[C@@H](c1cccc(Br)c1)N2. The molecule has 0 saturated heterocycles. The number of anilines is 1. The molecule has 0 amide bonds. The van der Waals surface area contributed by atoms with Crippen molar-refractivity contribution in [3.8, 4) is 0 Å². The Bertz CT molecular complexity index is 862. The van der Waals surface area contributed by atoms with Crippen molar-refractivity contribution in [2.45, 2.75) is 24.6 Å². The number of alkyl halides is 3. The van der Waals surface area contributed by atoms with Gasteiger partial charge in [-0.2, -0.15) is 13.2 Å². The maximum absolute atomic E-state index is 13.5. The van der Waals surface area contributed by atoms with Gasteiger partial charge in [0.25, 0.3) is 0 Å². The van der Waals surface area contributed by atoms with Crippen molar-refractivity contribution in [2.24, 2.45) is 5.92 Å². The average molecular weight is 429 g/mol. The van der Waals surface area contributed by atoms with E-state index < -0.39 is 11.7 Å². The summed E-state index contributed by atoms with van der Waals surface area (Å²) in [5.41, 5.74) is 1.10. The first-order valence-electron chi connectivity index (χ1n) is 7.94. The van der Waals surface area contributed by atoms with E-state index in [1.54, 1.807) is 0 Å². The Morgan fingerprint density at radius 3 is 2.68 bits per heavy atom. The van der Waals surface area contributed by atoms with Crippen LogP contribution in [0, 0.1) is 5.92 Å². The fraction of sp³-hybridized carbons (Fsp3) is 0.263. The summed E-state index contributed by atoms with van der Waals surface area (Å²) in [7, 11) is 0. The molecule has 0 aromatic heterocycles. The zero-order chi connectivity index (χ0) is 17.8. The maximum Gasteiger partial charge on any atom is 0.416 e. The van der Waals surface area contributed by atoms with Gasteiger partial charge in [-0.05, 0) is 47.7 Å². The van der Waals surface area contributed by atoms with Crippen LogP contribution < -0.4 is 5.32 Å². The molecule has 0 spiro atoms. The Morgan fingerprint density at radius 1 is 1.16 bits per heavy atom. The molecule has 0 unspecified atom stereocenters. The van der Waals surface area contributed by atoms with Crippen molar-refractivity contribution < 1.29 is 13.2 Å². The van der Waals surface area contributed by atoms with Crippen molar-refractivity contribution in [3.05, 3.63) is 74.7 Å². The van der Waals surface area contributed by atoms with Gasteiger partial charge < -0.3 is 5.32 Å². The second kappa shape index (κ2) is 6.06. The predicted octanol–water partition coefficient (Wildman–Crippen LogP) is 6.95. The zero-order valence-corrected chi connectivity index (χ0v) is 15.3. The van der Waals surface area contributed by atoms with Crippen LogP contribution in [0.25, 0.3) is 0 Å². The summed E-state index contributed by atoms with van der Waals surface area (Å²) in [4.78, 5) is 0. The highest BCUT2D eigenvalue weighted by atomic mass is 79.9. The number of benzene rings is 2. The standard InChI is InChI=1S/C19H14BrClF3N/c20-11-4-1-3-10(9-11)17-13-6-2-5-12(13)16-14(19(22,23)24)7-8-15(21)18(16)25-17/h1-5,7-9,12-13,17,25H,6H2/t12-,13+,17-/m1/s1. The average Bonchev–Trinajstić information content (AvgIpc) is 3.03. The van der Waals surface area contributed by atoms with Crippen LogP contribution >= 0.6 is 27.5 Å². The maximum atomic E-state index is 13.5. The highest BCUT2D eigenvalue weighted by Crippen LogP contribution is 2.54.